The first-order chi connectivity index (χ1) is 15.0. The van der Waals surface area contributed by atoms with Gasteiger partial charge in [-0.3, -0.25) is 9.59 Å². The zero-order valence-corrected chi connectivity index (χ0v) is 18.8. The van der Waals surface area contributed by atoms with E-state index in [0.717, 1.165) is 4.88 Å². The molecule has 1 saturated heterocycles. The normalized spacial score (nSPS) is 14.3. The molecule has 160 valence electrons. The van der Waals surface area contributed by atoms with Gasteiger partial charge in [0.1, 0.15) is 5.75 Å². The van der Waals surface area contributed by atoms with Crippen LogP contribution < -0.4 is 10.1 Å². The van der Waals surface area contributed by atoms with Crippen LogP contribution in [0.25, 0.3) is 0 Å². The van der Waals surface area contributed by atoms with Gasteiger partial charge in [0.2, 0.25) is 5.91 Å². The Bertz CT molecular complexity index is 1060. The molecule has 0 bridgehead atoms. The van der Waals surface area contributed by atoms with Gasteiger partial charge < -0.3 is 15.0 Å². The maximum Gasteiger partial charge on any atom is 0.263 e. The molecule has 1 N–H and O–H groups in total. The summed E-state index contributed by atoms with van der Waals surface area (Å²) in [5, 5.41) is 5.95. The van der Waals surface area contributed by atoms with E-state index in [4.69, 9.17) is 27.9 Å². The number of ether oxygens (including phenoxy) is 1. The number of nitrogens with zero attached hydrogens (tertiary/aromatic N) is 1. The van der Waals surface area contributed by atoms with Crippen molar-refractivity contribution in [3.8, 4) is 11.5 Å². The van der Waals surface area contributed by atoms with Crippen molar-refractivity contribution < 1.29 is 14.3 Å². The Kier molecular flexibility index (Phi) is 6.80. The third-order valence-electron chi connectivity index (χ3n) is 5.13. The molecule has 31 heavy (non-hydrogen) atoms. The average molecular weight is 475 g/mol. The molecule has 0 spiro atoms. The van der Waals surface area contributed by atoms with Gasteiger partial charge in [-0.05, 0) is 66.8 Å². The van der Waals surface area contributed by atoms with Crippen LogP contribution in [0.3, 0.4) is 0 Å². The van der Waals surface area contributed by atoms with E-state index in [1.807, 2.05) is 22.4 Å². The van der Waals surface area contributed by atoms with E-state index >= 15 is 0 Å². The molecule has 3 aromatic rings. The van der Waals surface area contributed by atoms with Gasteiger partial charge in [-0.2, -0.15) is 0 Å². The summed E-state index contributed by atoms with van der Waals surface area (Å²) in [5.41, 5.74) is 0.504. The molecule has 2 aromatic carbocycles. The number of likely N-dealkylation sites (tertiary alicyclic amines) is 1. The standard InChI is InChI=1S/C23H20Cl2N2O3S/c24-16-3-6-18(7-4-16)30-20-8-5-17(25)14-19(20)26-22(28)15-9-11-27(12-10-15)23(29)21-2-1-13-31-21/h1-8,13-15H,9-12H2,(H,26,28). The molecule has 1 aliphatic heterocycles. The smallest absolute Gasteiger partial charge is 0.263 e. The first-order valence-electron chi connectivity index (χ1n) is 9.86. The lowest BCUT2D eigenvalue weighted by Crippen LogP contribution is -2.41. The van der Waals surface area contributed by atoms with Crippen molar-refractivity contribution in [2.24, 2.45) is 5.92 Å². The first-order valence-corrected chi connectivity index (χ1v) is 11.5. The molecule has 0 unspecified atom stereocenters. The molecule has 1 aliphatic rings. The summed E-state index contributed by atoms with van der Waals surface area (Å²) in [6.07, 6.45) is 1.22. The fourth-order valence-electron chi connectivity index (χ4n) is 3.45. The summed E-state index contributed by atoms with van der Waals surface area (Å²) < 4.78 is 5.91. The number of nitrogens with one attached hydrogen (secondary N) is 1. The zero-order valence-electron chi connectivity index (χ0n) is 16.5. The van der Waals surface area contributed by atoms with Gasteiger partial charge in [0.05, 0.1) is 10.6 Å². The molecule has 1 aromatic heterocycles. The Balaban J connectivity index is 1.40. The molecule has 2 heterocycles. The predicted molar refractivity (Wildman–Crippen MR) is 125 cm³/mol. The van der Waals surface area contributed by atoms with Crippen LogP contribution in [0.5, 0.6) is 11.5 Å². The fourth-order valence-corrected chi connectivity index (χ4v) is 4.44. The van der Waals surface area contributed by atoms with Crippen molar-refractivity contribution in [1.29, 1.82) is 0 Å². The maximum absolute atomic E-state index is 12.9. The summed E-state index contributed by atoms with van der Waals surface area (Å²) in [5.74, 6) is 0.830. The second-order valence-electron chi connectivity index (χ2n) is 7.23. The van der Waals surface area contributed by atoms with Crippen LogP contribution in [0, 0.1) is 5.92 Å². The van der Waals surface area contributed by atoms with Crippen molar-refractivity contribution in [1.82, 2.24) is 4.90 Å². The van der Waals surface area contributed by atoms with Crippen molar-refractivity contribution in [3.63, 3.8) is 0 Å². The van der Waals surface area contributed by atoms with Gasteiger partial charge >= 0.3 is 0 Å². The van der Waals surface area contributed by atoms with Gasteiger partial charge in [0, 0.05) is 29.1 Å². The highest BCUT2D eigenvalue weighted by atomic mass is 35.5. The Morgan fingerprint density at radius 3 is 2.39 bits per heavy atom. The van der Waals surface area contributed by atoms with E-state index in [-0.39, 0.29) is 17.7 Å². The minimum Gasteiger partial charge on any atom is -0.455 e. The number of hydrogen-bond donors (Lipinski definition) is 1. The molecule has 2 amide bonds. The highest BCUT2D eigenvalue weighted by Gasteiger charge is 2.28. The lowest BCUT2D eigenvalue weighted by atomic mass is 9.95. The van der Waals surface area contributed by atoms with E-state index in [1.165, 1.54) is 11.3 Å². The Labute approximate surface area is 194 Å². The van der Waals surface area contributed by atoms with Gasteiger partial charge in [-0.1, -0.05) is 29.3 Å². The average Bonchev–Trinajstić information content (AvgIpc) is 3.32. The summed E-state index contributed by atoms with van der Waals surface area (Å²) >= 11 is 13.5. The molecule has 0 atom stereocenters. The molecular weight excluding hydrogens is 455 g/mol. The van der Waals surface area contributed by atoms with Crippen LogP contribution in [0.2, 0.25) is 10.0 Å². The summed E-state index contributed by atoms with van der Waals surface area (Å²) in [6, 6.07) is 15.8. The SMILES string of the molecule is O=C(Nc1cc(Cl)ccc1Oc1ccc(Cl)cc1)C1CCN(C(=O)c2cccs2)CC1. The van der Waals surface area contributed by atoms with E-state index in [1.54, 1.807) is 42.5 Å². The third-order valence-corrected chi connectivity index (χ3v) is 6.47. The summed E-state index contributed by atoms with van der Waals surface area (Å²) in [4.78, 5) is 27.9. The van der Waals surface area contributed by atoms with E-state index < -0.39 is 0 Å². The Hall–Kier alpha value is -2.54. The molecule has 5 nitrogen and oxygen atoms in total. The van der Waals surface area contributed by atoms with Crippen LogP contribution >= 0.6 is 34.5 Å². The number of anilines is 1. The number of thiophene rings is 1. The molecular formula is C23H20Cl2N2O3S. The quantitative estimate of drug-likeness (QED) is 0.469. The zero-order chi connectivity index (χ0) is 21.8. The number of piperidine rings is 1. The topological polar surface area (TPSA) is 58.6 Å². The maximum atomic E-state index is 12.9. The molecule has 4 rings (SSSR count). The summed E-state index contributed by atoms with van der Waals surface area (Å²) in [6.45, 7) is 1.11. The second-order valence-corrected chi connectivity index (χ2v) is 9.05. The first kappa shape index (κ1) is 21.7. The monoisotopic (exact) mass is 474 g/mol. The lowest BCUT2D eigenvalue weighted by Gasteiger charge is -2.31. The number of amides is 2. The van der Waals surface area contributed by atoms with E-state index in [0.29, 0.717) is 53.2 Å². The highest BCUT2D eigenvalue weighted by molar-refractivity contribution is 7.12. The number of carbonyl (C=O) groups is 2. The molecule has 0 saturated carbocycles. The Morgan fingerprint density at radius 1 is 1.00 bits per heavy atom. The number of rotatable bonds is 5. The van der Waals surface area contributed by atoms with Crippen molar-refractivity contribution in [2.45, 2.75) is 12.8 Å². The van der Waals surface area contributed by atoms with Gasteiger partial charge in [-0.15, -0.1) is 11.3 Å². The fraction of sp³-hybridized carbons (Fsp3) is 0.217. The predicted octanol–water partition coefficient (Wildman–Crippen LogP) is 6.34. The van der Waals surface area contributed by atoms with Crippen LogP contribution in [0.4, 0.5) is 5.69 Å². The Morgan fingerprint density at radius 2 is 1.71 bits per heavy atom. The summed E-state index contributed by atoms with van der Waals surface area (Å²) in [7, 11) is 0. The van der Waals surface area contributed by atoms with Crippen LogP contribution in [-0.4, -0.2) is 29.8 Å². The van der Waals surface area contributed by atoms with Crippen molar-refractivity contribution in [2.75, 3.05) is 18.4 Å². The minimum absolute atomic E-state index is 0.0300. The van der Waals surface area contributed by atoms with Crippen molar-refractivity contribution >= 4 is 52.0 Å². The largest absolute Gasteiger partial charge is 0.455 e. The second kappa shape index (κ2) is 9.73. The van der Waals surface area contributed by atoms with Crippen LogP contribution in [0.1, 0.15) is 22.5 Å². The van der Waals surface area contributed by atoms with Gasteiger partial charge in [0.15, 0.2) is 5.75 Å². The number of carbonyl (C=O) groups excluding carboxylic acids is 2. The van der Waals surface area contributed by atoms with Gasteiger partial charge in [0.25, 0.3) is 5.91 Å². The molecule has 1 fully saturated rings. The molecule has 0 aliphatic carbocycles. The minimum atomic E-state index is -0.185. The van der Waals surface area contributed by atoms with Gasteiger partial charge in [-0.25, -0.2) is 0 Å². The number of halogens is 2. The highest BCUT2D eigenvalue weighted by Crippen LogP contribution is 2.33. The molecule has 0 radical (unpaired) electrons. The third kappa shape index (κ3) is 5.39. The van der Waals surface area contributed by atoms with Crippen LogP contribution in [0.15, 0.2) is 60.0 Å². The van der Waals surface area contributed by atoms with Crippen LogP contribution in [-0.2, 0) is 4.79 Å². The van der Waals surface area contributed by atoms with E-state index in [9.17, 15) is 9.59 Å². The lowest BCUT2D eigenvalue weighted by molar-refractivity contribution is -0.121. The number of hydrogen-bond acceptors (Lipinski definition) is 4. The number of benzene rings is 2. The van der Waals surface area contributed by atoms with E-state index in [2.05, 4.69) is 5.32 Å². The molecule has 8 heteroatoms. The van der Waals surface area contributed by atoms with Crippen molar-refractivity contribution in [3.05, 3.63) is 74.9 Å².